The lowest BCUT2D eigenvalue weighted by molar-refractivity contribution is 0.0982. The molecule has 0 aliphatic carbocycles. The van der Waals surface area contributed by atoms with E-state index >= 15 is 0 Å². The molecule has 0 radical (unpaired) electrons. The van der Waals surface area contributed by atoms with Crippen LogP contribution in [0.25, 0.3) is 10.9 Å². The summed E-state index contributed by atoms with van der Waals surface area (Å²) in [5, 5.41) is 4.35. The first-order valence-electron chi connectivity index (χ1n) is 8.82. The maximum Gasteiger partial charge on any atom is 0.240 e. The number of ether oxygens (including phenoxy) is 1. The molecule has 1 N–H and O–H groups in total. The zero-order chi connectivity index (χ0) is 18.5. The lowest BCUT2D eigenvalue weighted by Gasteiger charge is -2.20. The molecule has 0 fully saturated rings. The lowest BCUT2D eigenvalue weighted by atomic mass is 10.0. The van der Waals surface area contributed by atoms with E-state index in [0.717, 1.165) is 23.1 Å². The molecule has 0 amide bonds. The molecule has 3 aromatic rings. The second-order valence-electron chi connectivity index (χ2n) is 6.21. The summed E-state index contributed by atoms with van der Waals surface area (Å²) in [5.41, 5.74) is 3.18. The van der Waals surface area contributed by atoms with Crippen LogP contribution < -0.4 is 10.1 Å². The number of hydrogen-bond donors (Lipinski definition) is 1. The number of ketones is 1. The Hall–Kier alpha value is -2.95. The van der Waals surface area contributed by atoms with Gasteiger partial charge in [-0.05, 0) is 25.0 Å². The van der Waals surface area contributed by atoms with Gasteiger partial charge in [0.15, 0.2) is 5.78 Å². The van der Waals surface area contributed by atoms with E-state index in [1.165, 1.54) is 0 Å². The fourth-order valence-corrected chi connectivity index (χ4v) is 3.02. The molecular formula is C21H23N3O2. The Kier molecular flexibility index (Phi) is 5.46. The minimum absolute atomic E-state index is 0.0362. The predicted octanol–water partition coefficient (Wildman–Crippen LogP) is 4.79. The maximum atomic E-state index is 12.7. The molecule has 26 heavy (non-hydrogen) atoms. The summed E-state index contributed by atoms with van der Waals surface area (Å²) in [6.07, 6.45) is 4.59. The molecule has 0 saturated heterocycles. The highest BCUT2D eigenvalue weighted by atomic mass is 16.5. The van der Waals surface area contributed by atoms with E-state index in [0.29, 0.717) is 23.4 Å². The Morgan fingerprint density at radius 3 is 2.65 bits per heavy atom. The van der Waals surface area contributed by atoms with Crippen LogP contribution in [0.2, 0.25) is 0 Å². The Bertz CT molecular complexity index is 910. The molecule has 2 aromatic heterocycles. The standard InChI is InChI=1S/C21H23N3O2/c1-4-8-18(25)17-13-23-20-16(11-12-22-21(20)26-3)19(17)24-14(2)15-9-6-5-7-10-15/h5-7,9-14H,4,8H2,1-3H3,(H,23,24)/t14-/m1/s1. The van der Waals surface area contributed by atoms with E-state index in [1.807, 2.05) is 31.2 Å². The van der Waals surface area contributed by atoms with Gasteiger partial charge in [0.2, 0.25) is 5.88 Å². The second-order valence-corrected chi connectivity index (χ2v) is 6.21. The number of carbonyl (C=O) groups is 1. The van der Waals surface area contributed by atoms with Crippen LogP contribution in [0, 0.1) is 0 Å². The Balaban J connectivity index is 2.12. The van der Waals surface area contributed by atoms with Crippen molar-refractivity contribution in [2.45, 2.75) is 32.7 Å². The summed E-state index contributed by atoms with van der Waals surface area (Å²) in [7, 11) is 1.57. The minimum Gasteiger partial charge on any atom is -0.479 e. The lowest BCUT2D eigenvalue weighted by Crippen LogP contribution is -2.12. The fraction of sp³-hybridized carbons (Fsp3) is 0.286. The maximum absolute atomic E-state index is 12.7. The van der Waals surface area contributed by atoms with Crippen LogP contribution in [0.5, 0.6) is 5.88 Å². The average Bonchev–Trinajstić information content (AvgIpc) is 2.68. The quantitative estimate of drug-likeness (QED) is 0.621. The third kappa shape index (κ3) is 3.52. The molecule has 0 bridgehead atoms. The van der Waals surface area contributed by atoms with Gasteiger partial charge >= 0.3 is 0 Å². The Morgan fingerprint density at radius 1 is 1.19 bits per heavy atom. The van der Waals surface area contributed by atoms with Crippen molar-refractivity contribution in [3.8, 4) is 5.88 Å². The zero-order valence-electron chi connectivity index (χ0n) is 15.3. The highest BCUT2D eigenvalue weighted by Gasteiger charge is 2.19. The number of hydrogen-bond acceptors (Lipinski definition) is 5. The summed E-state index contributed by atoms with van der Waals surface area (Å²) in [5.74, 6) is 0.535. The smallest absolute Gasteiger partial charge is 0.240 e. The van der Waals surface area contributed by atoms with Gasteiger partial charge in [0.1, 0.15) is 5.52 Å². The number of methoxy groups -OCH3 is 1. The van der Waals surface area contributed by atoms with Crippen molar-refractivity contribution < 1.29 is 9.53 Å². The molecular weight excluding hydrogens is 326 g/mol. The SMILES string of the molecule is CCCC(=O)c1cnc2c(OC)nccc2c1N[C@H](C)c1ccccc1. The minimum atomic E-state index is 0.0362. The molecule has 0 unspecified atom stereocenters. The van der Waals surface area contributed by atoms with Gasteiger partial charge in [0.05, 0.1) is 18.4 Å². The normalized spacial score (nSPS) is 12.0. The van der Waals surface area contributed by atoms with Gasteiger partial charge in [-0.3, -0.25) is 4.79 Å². The number of nitrogens with one attached hydrogen (secondary N) is 1. The summed E-state index contributed by atoms with van der Waals surface area (Å²) < 4.78 is 5.33. The molecule has 1 aromatic carbocycles. The van der Waals surface area contributed by atoms with Crippen molar-refractivity contribution in [1.29, 1.82) is 0 Å². The second kappa shape index (κ2) is 7.95. The van der Waals surface area contributed by atoms with Crippen LogP contribution in [0.15, 0.2) is 48.8 Å². The molecule has 0 aliphatic rings. The van der Waals surface area contributed by atoms with Gasteiger partial charge in [-0.15, -0.1) is 0 Å². The monoisotopic (exact) mass is 349 g/mol. The van der Waals surface area contributed by atoms with Crippen molar-refractivity contribution in [2.75, 3.05) is 12.4 Å². The Morgan fingerprint density at radius 2 is 1.96 bits per heavy atom. The number of carbonyl (C=O) groups excluding carboxylic acids is 1. The molecule has 0 spiro atoms. The summed E-state index contributed by atoms with van der Waals surface area (Å²) in [6, 6.07) is 12.0. The number of pyridine rings is 2. The summed E-state index contributed by atoms with van der Waals surface area (Å²) >= 11 is 0. The van der Waals surface area contributed by atoms with Crippen LogP contribution in [0.4, 0.5) is 5.69 Å². The van der Waals surface area contributed by atoms with Crippen molar-refractivity contribution in [3.05, 3.63) is 59.9 Å². The highest BCUT2D eigenvalue weighted by molar-refractivity contribution is 6.08. The Labute approximate surface area is 153 Å². The third-order valence-corrected chi connectivity index (χ3v) is 4.38. The topological polar surface area (TPSA) is 64.1 Å². The van der Waals surface area contributed by atoms with Crippen LogP contribution in [-0.4, -0.2) is 22.9 Å². The van der Waals surface area contributed by atoms with E-state index in [2.05, 4.69) is 34.3 Å². The number of rotatable bonds is 7. The number of anilines is 1. The average molecular weight is 349 g/mol. The molecule has 3 rings (SSSR count). The first kappa shape index (κ1) is 17.9. The van der Waals surface area contributed by atoms with E-state index in [-0.39, 0.29) is 11.8 Å². The van der Waals surface area contributed by atoms with Crippen LogP contribution in [0.3, 0.4) is 0 Å². The molecule has 5 heteroatoms. The largest absolute Gasteiger partial charge is 0.479 e. The van der Waals surface area contributed by atoms with Crippen molar-refractivity contribution in [2.24, 2.45) is 0 Å². The van der Waals surface area contributed by atoms with E-state index in [1.54, 1.807) is 19.5 Å². The molecule has 134 valence electrons. The van der Waals surface area contributed by atoms with Gasteiger partial charge in [-0.1, -0.05) is 37.3 Å². The number of aromatic nitrogens is 2. The highest BCUT2D eigenvalue weighted by Crippen LogP contribution is 2.33. The zero-order valence-corrected chi connectivity index (χ0v) is 15.3. The van der Waals surface area contributed by atoms with E-state index in [9.17, 15) is 4.79 Å². The van der Waals surface area contributed by atoms with Crippen LogP contribution in [0.1, 0.15) is 48.7 Å². The number of Topliss-reactive ketones (excluding diaryl/α,β-unsaturated/α-hetero) is 1. The molecule has 0 saturated carbocycles. The first-order valence-corrected chi connectivity index (χ1v) is 8.82. The van der Waals surface area contributed by atoms with Gasteiger partial charge in [0.25, 0.3) is 0 Å². The van der Waals surface area contributed by atoms with E-state index in [4.69, 9.17) is 4.74 Å². The third-order valence-electron chi connectivity index (χ3n) is 4.38. The van der Waals surface area contributed by atoms with Gasteiger partial charge in [-0.2, -0.15) is 0 Å². The number of benzene rings is 1. The molecule has 2 heterocycles. The molecule has 0 aliphatic heterocycles. The van der Waals surface area contributed by atoms with Crippen molar-refractivity contribution >= 4 is 22.4 Å². The van der Waals surface area contributed by atoms with Crippen LogP contribution >= 0.6 is 0 Å². The molecule has 5 nitrogen and oxygen atoms in total. The van der Waals surface area contributed by atoms with Crippen molar-refractivity contribution in [3.63, 3.8) is 0 Å². The van der Waals surface area contributed by atoms with Crippen molar-refractivity contribution in [1.82, 2.24) is 9.97 Å². The van der Waals surface area contributed by atoms with Gasteiger partial charge in [-0.25, -0.2) is 9.97 Å². The summed E-state index contributed by atoms with van der Waals surface area (Å²) in [4.78, 5) is 21.3. The summed E-state index contributed by atoms with van der Waals surface area (Å²) in [6.45, 7) is 4.08. The fourth-order valence-electron chi connectivity index (χ4n) is 3.02. The molecule has 1 atom stereocenters. The van der Waals surface area contributed by atoms with Gasteiger partial charge in [0, 0.05) is 30.2 Å². The number of fused-ring (bicyclic) bond motifs is 1. The van der Waals surface area contributed by atoms with E-state index < -0.39 is 0 Å². The number of nitrogens with zero attached hydrogens (tertiary/aromatic N) is 2. The first-order chi connectivity index (χ1) is 12.7. The van der Waals surface area contributed by atoms with Crippen LogP contribution in [-0.2, 0) is 0 Å². The van der Waals surface area contributed by atoms with Gasteiger partial charge < -0.3 is 10.1 Å². The predicted molar refractivity (Wildman–Crippen MR) is 104 cm³/mol.